The van der Waals surface area contributed by atoms with Gasteiger partial charge >= 0.3 is 0 Å². The lowest BCUT2D eigenvalue weighted by molar-refractivity contribution is 0.500. The van der Waals surface area contributed by atoms with Crippen LogP contribution in [0.15, 0.2) is 42.7 Å². The monoisotopic (exact) mass is 276 g/mol. The lowest BCUT2D eigenvalue weighted by Crippen LogP contribution is -2.28. The summed E-state index contributed by atoms with van der Waals surface area (Å²) >= 11 is 0. The van der Waals surface area contributed by atoms with E-state index in [0.29, 0.717) is 12.0 Å². The van der Waals surface area contributed by atoms with Crippen LogP contribution in [0.5, 0.6) is 0 Å². The van der Waals surface area contributed by atoms with Gasteiger partial charge in [0.05, 0.1) is 0 Å². The molecule has 0 saturated carbocycles. The second-order valence-electron chi connectivity index (χ2n) is 4.83. The molecule has 20 heavy (non-hydrogen) atoms. The van der Waals surface area contributed by atoms with Gasteiger partial charge in [0.25, 0.3) is 0 Å². The van der Waals surface area contributed by atoms with Crippen molar-refractivity contribution in [1.82, 2.24) is 10.3 Å². The highest BCUT2D eigenvalue weighted by molar-refractivity contribution is 5.20. The van der Waals surface area contributed by atoms with Crippen molar-refractivity contribution in [1.29, 1.82) is 0 Å². The van der Waals surface area contributed by atoms with Crippen LogP contribution in [-0.2, 0) is 12.8 Å². The molecule has 1 atom stereocenters. The molecule has 0 radical (unpaired) electrons. The Morgan fingerprint density at radius 3 is 2.75 bits per heavy atom. The maximum absolute atomic E-state index is 13.6. The quantitative estimate of drug-likeness (QED) is 0.877. The molecule has 1 N–H and O–H groups in total. The van der Waals surface area contributed by atoms with Gasteiger partial charge in [-0.05, 0) is 49.6 Å². The fourth-order valence-corrected chi connectivity index (χ4v) is 2.19. The summed E-state index contributed by atoms with van der Waals surface area (Å²) in [6, 6.07) is 7.82. The van der Waals surface area contributed by atoms with Gasteiger partial charge in [0, 0.05) is 24.5 Å². The Labute approximate surface area is 117 Å². The lowest BCUT2D eigenvalue weighted by Gasteiger charge is -2.16. The summed E-state index contributed by atoms with van der Waals surface area (Å²) in [5.41, 5.74) is 1.70. The summed E-state index contributed by atoms with van der Waals surface area (Å²) in [7, 11) is 1.86. The van der Waals surface area contributed by atoms with E-state index in [-0.39, 0.29) is 6.04 Å². The third-order valence-electron chi connectivity index (χ3n) is 3.39. The molecule has 0 aliphatic heterocycles. The van der Waals surface area contributed by atoms with Gasteiger partial charge in [-0.3, -0.25) is 4.98 Å². The topological polar surface area (TPSA) is 24.9 Å². The van der Waals surface area contributed by atoms with Crippen molar-refractivity contribution in [3.8, 4) is 0 Å². The van der Waals surface area contributed by atoms with Crippen molar-refractivity contribution >= 4 is 0 Å². The molecule has 0 aliphatic carbocycles. The minimum absolute atomic E-state index is 0.148. The Morgan fingerprint density at radius 2 is 2.10 bits per heavy atom. The van der Waals surface area contributed by atoms with Crippen molar-refractivity contribution in [2.24, 2.45) is 0 Å². The van der Waals surface area contributed by atoms with Crippen LogP contribution >= 0.6 is 0 Å². The molecule has 0 saturated heterocycles. The van der Waals surface area contributed by atoms with E-state index in [0.717, 1.165) is 24.5 Å². The van der Waals surface area contributed by atoms with Crippen LogP contribution in [0.4, 0.5) is 8.78 Å². The number of aromatic nitrogens is 1. The zero-order valence-corrected chi connectivity index (χ0v) is 11.4. The van der Waals surface area contributed by atoms with E-state index in [1.54, 1.807) is 6.20 Å². The zero-order chi connectivity index (χ0) is 14.4. The molecular formula is C16H18F2N2. The van der Waals surface area contributed by atoms with Gasteiger partial charge in [-0.25, -0.2) is 8.78 Å². The first-order valence-corrected chi connectivity index (χ1v) is 6.69. The van der Waals surface area contributed by atoms with Crippen LogP contribution in [0.1, 0.15) is 17.5 Å². The number of benzene rings is 1. The smallest absolute Gasteiger partial charge is 0.129 e. The first kappa shape index (κ1) is 14.6. The molecule has 1 heterocycles. The van der Waals surface area contributed by atoms with Gasteiger partial charge in [-0.2, -0.15) is 0 Å². The highest BCUT2D eigenvalue weighted by atomic mass is 19.1. The number of likely N-dealkylation sites (N-methyl/N-ethyl adjacent to an activating group) is 1. The normalized spacial score (nSPS) is 12.3. The Hall–Kier alpha value is -1.81. The molecule has 0 aliphatic rings. The first-order valence-electron chi connectivity index (χ1n) is 6.69. The van der Waals surface area contributed by atoms with Gasteiger partial charge < -0.3 is 5.32 Å². The fraction of sp³-hybridized carbons (Fsp3) is 0.312. The van der Waals surface area contributed by atoms with Gasteiger partial charge in [0.2, 0.25) is 0 Å². The minimum Gasteiger partial charge on any atom is -0.317 e. The second-order valence-corrected chi connectivity index (χ2v) is 4.83. The number of rotatable bonds is 6. The summed E-state index contributed by atoms with van der Waals surface area (Å²) in [6.07, 6.45) is 5.88. The molecule has 2 aromatic rings. The average Bonchev–Trinajstić information content (AvgIpc) is 2.46. The first-order chi connectivity index (χ1) is 9.69. The van der Waals surface area contributed by atoms with Crippen LogP contribution in [0, 0.1) is 11.6 Å². The van der Waals surface area contributed by atoms with Crippen LogP contribution in [0.2, 0.25) is 0 Å². The van der Waals surface area contributed by atoms with E-state index in [4.69, 9.17) is 0 Å². The molecular weight excluding hydrogens is 258 g/mol. The molecule has 4 heteroatoms. The van der Waals surface area contributed by atoms with Crippen molar-refractivity contribution in [3.05, 3.63) is 65.5 Å². The summed E-state index contributed by atoms with van der Waals surface area (Å²) in [5, 5.41) is 3.18. The van der Waals surface area contributed by atoms with Crippen LogP contribution < -0.4 is 5.32 Å². The summed E-state index contributed by atoms with van der Waals surface area (Å²) in [6.45, 7) is 0. The maximum atomic E-state index is 13.6. The Morgan fingerprint density at radius 1 is 1.25 bits per heavy atom. The van der Waals surface area contributed by atoms with E-state index < -0.39 is 11.6 Å². The van der Waals surface area contributed by atoms with Crippen molar-refractivity contribution in [2.45, 2.75) is 25.3 Å². The Balaban J connectivity index is 1.95. The standard InChI is InChI=1S/C16H18F2N2/c1-19-15(7-4-12-3-2-8-20-11-12)9-13-5-6-14(17)10-16(13)18/h2-3,5-6,8,10-11,15,19H,4,7,9H2,1H3. The van der Waals surface area contributed by atoms with Gasteiger partial charge in [0.1, 0.15) is 11.6 Å². The van der Waals surface area contributed by atoms with Gasteiger partial charge in [-0.1, -0.05) is 12.1 Å². The molecule has 0 fully saturated rings. The number of aryl methyl sites for hydroxylation is 1. The number of pyridine rings is 1. The summed E-state index contributed by atoms with van der Waals surface area (Å²) < 4.78 is 26.5. The summed E-state index contributed by atoms with van der Waals surface area (Å²) in [4.78, 5) is 4.07. The number of hydrogen-bond acceptors (Lipinski definition) is 2. The number of halogens is 2. The van der Waals surface area contributed by atoms with E-state index in [2.05, 4.69) is 10.3 Å². The van der Waals surface area contributed by atoms with Crippen LogP contribution in [-0.4, -0.2) is 18.1 Å². The minimum atomic E-state index is -0.539. The van der Waals surface area contributed by atoms with Gasteiger partial charge in [0.15, 0.2) is 0 Å². The third-order valence-corrected chi connectivity index (χ3v) is 3.39. The van der Waals surface area contributed by atoms with E-state index >= 15 is 0 Å². The van der Waals surface area contributed by atoms with Gasteiger partial charge in [-0.15, -0.1) is 0 Å². The molecule has 1 unspecified atom stereocenters. The Bertz CT molecular complexity index is 543. The maximum Gasteiger partial charge on any atom is 0.129 e. The number of hydrogen-bond donors (Lipinski definition) is 1. The molecule has 1 aromatic heterocycles. The second kappa shape index (κ2) is 7.10. The van der Waals surface area contributed by atoms with E-state index in [1.807, 2.05) is 25.4 Å². The SMILES string of the molecule is CNC(CCc1cccnc1)Cc1ccc(F)cc1F. The molecule has 0 bridgehead atoms. The predicted molar refractivity (Wildman–Crippen MR) is 75.5 cm³/mol. The van der Waals surface area contributed by atoms with Crippen LogP contribution in [0.3, 0.4) is 0 Å². The van der Waals surface area contributed by atoms with Crippen molar-refractivity contribution < 1.29 is 8.78 Å². The van der Waals surface area contributed by atoms with Crippen molar-refractivity contribution in [3.63, 3.8) is 0 Å². The largest absolute Gasteiger partial charge is 0.317 e. The van der Waals surface area contributed by atoms with E-state index in [1.165, 1.54) is 12.1 Å². The Kier molecular flexibility index (Phi) is 5.18. The number of nitrogens with one attached hydrogen (secondary N) is 1. The highest BCUT2D eigenvalue weighted by Gasteiger charge is 2.11. The molecule has 0 amide bonds. The molecule has 106 valence electrons. The van der Waals surface area contributed by atoms with Crippen molar-refractivity contribution in [2.75, 3.05) is 7.05 Å². The third kappa shape index (κ3) is 4.10. The average molecular weight is 276 g/mol. The molecule has 0 spiro atoms. The molecule has 1 aromatic carbocycles. The highest BCUT2D eigenvalue weighted by Crippen LogP contribution is 2.14. The number of nitrogens with zero attached hydrogens (tertiary/aromatic N) is 1. The molecule has 2 rings (SSSR count). The van der Waals surface area contributed by atoms with Crippen LogP contribution in [0.25, 0.3) is 0 Å². The fourth-order valence-electron chi connectivity index (χ4n) is 2.19. The zero-order valence-electron chi connectivity index (χ0n) is 11.4. The molecule has 2 nitrogen and oxygen atoms in total. The van der Waals surface area contributed by atoms with E-state index in [9.17, 15) is 8.78 Å². The lowest BCUT2D eigenvalue weighted by atomic mass is 9.99. The summed E-state index contributed by atoms with van der Waals surface area (Å²) in [5.74, 6) is -1.02. The predicted octanol–water partition coefficient (Wildman–Crippen LogP) is 3.12.